The zero-order chi connectivity index (χ0) is 10.4. The second-order valence-electron chi connectivity index (χ2n) is 2.78. The number of benzene rings is 1. The largest absolute Gasteiger partial charge is 0.495 e. The first-order valence-electron chi connectivity index (χ1n) is 4.46. The van der Waals surface area contributed by atoms with Gasteiger partial charge in [0.1, 0.15) is 11.8 Å². The predicted molar refractivity (Wildman–Crippen MR) is 53.0 cm³/mol. The molecular weight excluding hydrogens is 178 g/mol. The molecule has 0 unspecified atom stereocenters. The summed E-state index contributed by atoms with van der Waals surface area (Å²) in [4.78, 5) is 0. The van der Waals surface area contributed by atoms with Crippen LogP contribution in [0, 0.1) is 11.3 Å². The standard InChI is InChI=1S/C11H13NO2/c1-3-14-8-9-4-5-11(13-2)10(6-9)7-12/h4-6H,3,8H2,1-2H3. The van der Waals surface area contributed by atoms with Crippen molar-refractivity contribution in [3.63, 3.8) is 0 Å². The maximum absolute atomic E-state index is 8.83. The van der Waals surface area contributed by atoms with Gasteiger partial charge in [-0.1, -0.05) is 6.07 Å². The van der Waals surface area contributed by atoms with Crippen LogP contribution in [0.25, 0.3) is 0 Å². The van der Waals surface area contributed by atoms with E-state index in [4.69, 9.17) is 14.7 Å². The summed E-state index contributed by atoms with van der Waals surface area (Å²) in [5.41, 5.74) is 1.54. The number of nitrogens with zero attached hydrogens (tertiary/aromatic N) is 1. The lowest BCUT2D eigenvalue weighted by atomic mass is 10.1. The Balaban J connectivity index is 2.86. The van der Waals surface area contributed by atoms with Crippen molar-refractivity contribution in [1.29, 1.82) is 5.26 Å². The maximum Gasteiger partial charge on any atom is 0.136 e. The Morgan fingerprint density at radius 2 is 2.21 bits per heavy atom. The molecule has 0 saturated heterocycles. The van der Waals surface area contributed by atoms with E-state index in [1.165, 1.54) is 0 Å². The third-order valence-electron chi connectivity index (χ3n) is 1.86. The van der Waals surface area contributed by atoms with Crippen molar-refractivity contribution < 1.29 is 9.47 Å². The molecule has 0 N–H and O–H groups in total. The summed E-state index contributed by atoms with van der Waals surface area (Å²) >= 11 is 0. The summed E-state index contributed by atoms with van der Waals surface area (Å²) in [5.74, 6) is 0.604. The number of hydrogen-bond acceptors (Lipinski definition) is 3. The molecule has 74 valence electrons. The van der Waals surface area contributed by atoms with Crippen LogP contribution in [0.4, 0.5) is 0 Å². The fraction of sp³-hybridized carbons (Fsp3) is 0.364. The van der Waals surface area contributed by atoms with Gasteiger partial charge in [-0.05, 0) is 24.6 Å². The van der Waals surface area contributed by atoms with E-state index in [9.17, 15) is 0 Å². The molecule has 0 heterocycles. The minimum absolute atomic E-state index is 0.537. The first-order valence-corrected chi connectivity index (χ1v) is 4.46. The molecule has 0 amide bonds. The smallest absolute Gasteiger partial charge is 0.136 e. The van der Waals surface area contributed by atoms with Crippen molar-refractivity contribution >= 4 is 0 Å². The minimum atomic E-state index is 0.537. The molecule has 0 aromatic heterocycles. The molecule has 0 saturated carbocycles. The first-order chi connectivity index (χ1) is 6.81. The van der Waals surface area contributed by atoms with Gasteiger partial charge in [-0.2, -0.15) is 5.26 Å². The highest BCUT2D eigenvalue weighted by Gasteiger charge is 2.02. The topological polar surface area (TPSA) is 42.2 Å². The summed E-state index contributed by atoms with van der Waals surface area (Å²) in [7, 11) is 1.55. The summed E-state index contributed by atoms with van der Waals surface area (Å²) in [5, 5.41) is 8.83. The van der Waals surface area contributed by atoms with Crippen molar-refractivity contribution in [3.05, 3.63) is 29.3 Å². The lowest BCUT2D eigenvalue weighted by molar-refractivity contribution is 0.134. The van der Waals surface area contributed by atoms with Crippen LogP contribution in [0.15, 0.2) is 18.2 Å². The minimum Gasteiger partial charge on any atom is -0.495 e. The van der Waals surface area contributed by atoms with Crippen LogP contribution in [-0.2, 0) is 11.3 Å². The summed E-state index contributed by atoms with van der Waals surface area (Å²) in [6.45, 7) is 3.15. The van der Waals surface area contributed by atoms with Crippen molar-refractivity contribution in [3.8, 4) is 11.8 Å². The molecule has 0 aliphatic rings. The zero-order valence-electron chi connectivity index (χ0n) is 8.41. The van der Waals surface area contributed by atoms with Crippen molar-refractivity contribution in [1.82, 2.24) is 0 Å². The monoisotopic (exact) mass is 191 g/mol. The number of methoxy groups -OCH3 is 1. The van der Waals surface area contributed by atoms with Crippen LogP contribution in [0.5, 0.6) is 5.75 Å². The lowest BCUT2D eigenvalue weighted by Crippen LogP contribution is -1.94. The SMILES string of the molecule is CCOCc1ccc(OC)c(C#N)c1. The van der Waals surface area contributed by atoms with Crippen LogP contribution < -0.4 is 4.74 Å². The van der Waals surface area contributed by atoms with E-state index in [1.807, 2.05) is 13.0 Å². The highest BCUT2D eigenvalue weighted by atomic mass is 16.5. The van der Waals surface area contributed by atoms with Gasteiger partial charge < -0.3 is 9.47 Å². The second kappa shape index (κ2) is 5.25. The first kappa shape index (κ1) is 10.6. The Morgan fingerprint density at radius 1 is 1.43 bits per heavy atom. The van der Waals surface area contributed by atoms with Gasteiger partial charge >= 0.3 is 0 Å². The molecule has 0 atom stereocenters. The Labute approximate surface area is 83.9 Å². The number of nitriles is 1. The van der Waals surface area contributed by atoms with Gasteiger partial charge in [0.05, 0.1) is 19.3 Å². The molecule has 0 spiro atoms. The third-order valence-corrected chi connectivity index (χ3v) is 1.86. The van der Waals surface area contributed by atoms with E-state index in [1.54, 1.807) is 19.2 Å². The van der Waals surface area contributed by atoms with Crippen LogP contribution >= 0.6 is 0 Å². The molecular formula is C11H13NO2. The highest BCUT2D eigenvalue weighted by Crippen LogP contribution is 2.18. The Hall–Kier alpha value is -1.53. The molecule has 0 bridgehead atoms. The van der Waals surface area contributed by atoms with Crippen LogP contribution in [-0.4, -0.2) is 13.7 Å². The fourth-order valence-electron chi connectivity index (χ4n) is 1.15. The third kappa shape index (κ3) is 2.48. The molecule has 1 aromatic carbocycles. The van der Waals surface area contributed by atoms with Gasteiger partial charge in [0, 0.05) is 6.61 Å². The van der Waals surface area contributed by atoms with Crippen LogP contribution in [0.1, 0.15) is 18.1 Å². The van der Waals surface area contributed by atoms with E-state index >= 15 is 0 Å². The van der Waals surface area contributed by atoms with Gasteiger partial charge in [-0.3, -0.25) is 0 Å². The fourth-order valence-corrected chi connectivity index (χ4v) is 1.15. The quantitative estimate of drug-likeness (QED) is 0.731. The average molecular weight is 191 g/mol. The van der Waals surface area contributed by atoms with Gasteiger partial charge in [-0.25, -0.2) is 0 Å². The zero-order valence-corrected chi connectivity index (χ0v) is 8.41. The Kier molecular flexibility index (Phi) is 3.96. The van der Waals surface area contributed by atoms with E-state index in [2.05, 4.69) is 6.07 Å². The lowest BCUT2D eigenvalue weighted by Gasteiger charge is -2.05. The molecule has 3 nitrogen and oxygen atoms in total. The summed E-state index contributed by atoms with van der Waals surface area (Å²) in [6.07, 6.45) is 0. The van der Waals surface area contributed by atoms with Crippen molar-refractivity contribution in [2.45, 2.75) is 13.5 Å². The maximum atomic E-state index is 8.83. The van der Waals surface area contributed by atoms with E-state index in [0.717, 1.165) is 5.56 Å². The van der Waals surface area contributed by atoms with Gasteiger partial charge in [-0.15, -0.1) is 0 Å². The molecule has 3 heteroatoms. The van der Waals surface area contributed by atoms with Crippen LogP contribution in [0.2, 0.25) is 0 Å². The van der Waals surface area contributed by atoms with Gasteiger partial charge in [0.2, 0.25) is 0 Å². The molecule has 0 fully saturated rings. The Morgan fingerprint density at radius 3 is 2.79 bits per heavy atom. The van der Waals surface area contributed by atoms with Crippen molar-refractivity contribution in [2.24, 2.45) is 0 Å². The molecule has 1 aromatic rings. The normalized spacial score (nSPS) is 9.50. The molecule has 0 aliphatic heterocycles. The molecule has 0 radical (unpaired) electrons. The number of hydrogen-bond donors (Lipinski definition) is 0. The Bertz CT molecular complexity index is 342. The second-order valence-corrected chi connectivity index (χ2v) is 2.78. The molecule has 0 aliphatic carbocycles. The number of rotatable bonds is 4. The van der Waals surface area contributed by atoms with Crippen molar-refractivity contribution in [2.75, 3.05) is 13.7 Å². The number of ether oxygens (including phenoxy) is 2. The van der Waals surface area contributed by atoms with E-state index in [0.29, 0.717) is 24.5 Å². The van der Waals surface area contributed by atoms with Gasteiger partial charge in [0.25, 0.3) is 0 Å². The van der Waals surface area contributed by atoms with Gasteiger partial charge in [0.15, 0.2) is 0 Å². The highest BCUT2D eigenvalue weighted by molar-refractivity contribution is 5.45. The summed E-state index contributed by atoms with van der Waals surface area (Å²) < 4.78 is 10.3. The molecule has 1 rings (SSSR count). The van der Waals surface area contributed by atoms with Crippen LogP contribution in [0.3, 0.4) is 0 Å². The predicted octanol–water partition coefficient (Wildman–Crippen LogP) is 2.10. The van der Waals surface area contributed by atoms with E-state index in [-0.39, 0.29) is 0 Å². The summed E-state index contributed by atoms with van der Waals surface area (Å²) in [6, 6.07) is 7.55. The van der Waals surface area contributed by atoms with E-state index < -0.39 is 0 Å². The molecule has 14 heavy (non-hydrogen) atoms. The average Bonchev–Trinajstić information content (AvgIpc) is 2.25.